The van der Waals surface area contributed by atoms with Gasteiger partial charge in [0.05, 0.1) is 10.7 Å². The normalized spacial score (nSPS) is 10.0. The van der Waals surface area contributed by atoms with Crippen molar-refractivity contribution in [3.05, 3.63) is 22.9 Å². The second kappa shape index (κ2) is 6.56. The fourth-order valence-electron chi connectivity index (χ4n) is 1.09. The summed E-state index contributed by atoms with van der Waals surface area (Å²) in [7, 11) is 0. The minimum Gasteiger partial charge on any atom is -0.425 e. The highest BCUT2D eigenvalue weighted by Crippen LogP contribution is 2.22. The Bertz CT molecular complexity index is 328. The maximum atomic E-state index is 11.4. The molecule has 0 amide bonds. The number of esters is 1. The number of carbonyl (C=O) groups is 1. The van der Waals surface area contributed by atoms with E-state index in [-0.39, 0.29) is 5.97 Å². The molecule has 0 aliphatic heterocycles. The third kappa shape index (κ3) is 4.42. The van der Waals surface area contributed by atoms with E-state index in [9.17, 15) is 4.79 Å². The molecule has 0 bridgehead atoms. The van der Waals surface area contributed by atoms with Gasteiger partial charge in [-0.25, -0.2) is 0 Å². The number of rotatable bonds is 5. The van der Waals surface area contributed by atoms with E-state index < -0.39 is 0 Å². The van der Waals surface area contributed by atoms with Crippen molar-refractivity contribution >= 4 is 21.9 Å². The topological polar surface area (TPSA) is 39.2 Å². The molecule has 0 spiro atoms. The number of nitrogens with zero attached hydrogens (tertiary/aromatic N) is 1. The van der Waals surface area contributed by atoms with Crippen LogP contribution in [0.4, 0.5) is 0 Å². The van der Waals surface area contributed by atoms with Gasteiger partial charge in [-0.1, -0.05) is 19.8 Å². The number of hydrogen-bond acceptors (Lipinski definition) is 3. The van der Waals surface area contributed by atoms with Gasteiger partial charge in [-0.15, -0.1) is 0 Å². The lowest BCUT2D eigenvalue weighted by molar-refractivity contribution is -0.134. The number of pyridine rings is 1. The number of halogens is 1. The van der Waals surface area contributed by atoms with Crippen LogP contribution in [0, 0.1) is 6.20 Å². The average molecular weight is 271 g/mol. The molecule has 1 heterocycles. The molecular weight excluding hydrogens is 258 g/mol. The summed E-state index contributed by atoms with van der Waals surface area (Å²) in [5.41, 5.74) is 0. The van der Waals surface area contributed by atoms with Crippen molar-refractivity contribution in [2.24, 2.45) is 0 Å². The van der Waals surface area contributed by atoms with Gasteiger partial charge in [-0.2, -0.15) is 0 Å². The SMILES string of the molecule is CCCCCC(=O)Oc1c[c]ncc1Br. The molecular formula is C11H13BrNO2. The van der Waals surface area contributed by atoms with Crippen LogP contribution in [0.3, 0.4) is 0 Å². The molecule has 1 aromatic rings. The molecule has 1 aromatic heterocycles. The Morgan fingerprint density at radius 2 is 2.40 bits per heavy atom. The van der Waals surface area contributed by atoms with Crippen LogP contribution in [0.5, 0.6) is 5.75 Å². The molecule has 1 radical (unpaired) electrons. The Labute approximate surface area is 98.0 Å². The van der Waals surface area contributed by atoms with E-state index in [2.05, 4.69) is 34.0 Å². The molecule has 0 atom stereocenters. The van der Waals surface area contributed by atoms with Gasteiger partial charge in [0.1, 0.15) is 5.75 Å². The number of hydrogen-bond donors (Lipinski definition) is 0. The van der Waals surface area contributed by atoms with Gasteiger partial charge in [0, 0.05) is 18.7 Å². The summed E-state index contributed by atoms with van der Waals surface area (Å²) in [6, 6.07) is 1.54. The largest absolute Gasteiger partial charge is 0.425 e. The molecule has 0 aromatic carbocycles. The van der Waals surface area contributed by atoms with Crippen molar-refractivity contribution in [3.8, 4) is 5.75 Å². The van der Waals surface area contributed by atoms with E-state index in [1.165, 1.54) is 0 Å². The second-order valence-corrected chi connectivity index (χ2v) is 4.03. The molecule has 0 aliphatic rings. The first-order valence-corrected chi connectivity index (χ1v) is 5.75. The van der Waals surface area contributed by atoms with Gasteiger partial charge in [-0.05, 0) is 22.4 Å². The molecule has 0 saturated heterocycles. The summed E-state index contributed by atoms with van der Waals surface area (Å²) in [5.74, 6) is 0.273. The zero-order valence-corrected chi connectivity index (χ0v) is 10.2. The molecule has 15 heavy (non-hydrogen) atoms. The lowest BCUT2D eigenvalue weighted by Gasteiger charge is -2.04. The molecule has 1 rings (SSSR count). The number of unbranched alkanes of at least 4 members (excludes halogenated alkanes) is 2. The van der Waals surface area contributed by atoms with E-state index in [0.717, 1.165) is 19.3 Å². The highest BCUT2D eigenvalue weighted by molar-refractivity contribution is 9.10. The molecule has 3 nitrogen and oxygen atoms in total. The molecule has 0 saturated carbocycles. The van der Waals surface area contributed by atoms with Gasteiger partial charge < -0.3 is 4.74 Å². The van der Waals surface area contributed by atoms with Crippen molar-refractivity contribution in [1.29, 1.82) is 0 Å². The zero-order chi connectivity index (χ0) is 11.1. The Balaban J connectivity index is 2.41. The van der Waals surface area contributed by atoms with Crippen molar-refractivity contribution < 1.29 is 9.53 Å². The van der Waals surface area contributed by atoms with E-state index >= 15 is 0 Å². The van der Waals surface area contributed by atoms with E-state index in [0.29, 0.717) is 16.6 Å². The third-order valence-corrected chi connectivity index (χ3v) is 2.49. The first kappa shape index (κ1) is 12.2. The summed E-state index contributed by atoms with van der Waals surface area (Å²) in [5, 5.41) is 0. The Kier molecular flexibility index (Phi) is 5.32. The summed E-state index contributed by atoms with van der Waals surface area (Å²) in [4.78, 5) is 15.1. The van der Waals surface area contributed by atoms with Gasteiger partial charge in [0.15, 0.2) is 0 Å². The van der Waals surface area contributed by atoms with Crippen molar-refractivity contribution in [2.45, 2.75) is 32.6 Å². The Morgan fingerprint density at radius 3 is 3.07 bits per heavy atom. The van der Waals surface area contributed by atoms with Crippen molar-refractivity contribution in [2.75, 3.05) is 0 Å². The van der Waals surface area contributed by atoms with Gasteiger partial charge >= 0.3 is 5.97 Å². The van der Waals surface area contributed by atoms with Gasteiger partial charge in [-0.3, -0.25) is 9.78 Å². The predicted octanol–water partition coefficient (Wildman–Crippen LogP) is 3.13. The predicted molar refractivity (Wildman–Crippen MR) is 60.6 cm³/mol. The minimum atomic E-state index is -0.205. The van der Waals surface area contributed by atoms with Crippen molar-refractivity contribution in [3.63, 3.8) is 0 Å². The van der Waals surface area contributed by atoms with Gasteiger partial charge in [0.2, 0.25) is 0 Å². The first-order chi connectivity index (χ1) is 7.24. The zero-order valence-electron chi connectivity index (χ0n) is 8.62. The highest BCUT2D eigenvalue weighted by Gasteiger charge is 2.07. The van der Waals surface area contributed by atoms with E-state index in [1.54, 1.807) is 12.3 Å². The monoisotopic (exact) mass is 270 g/mol. The fourth-order valence-corrected chi connectivity index (χ4v) is 1.39. The maximum Gasteiger partial charge on any atom is 0.311 e. The summed E-state index contributed by atoms with van der Waals surface area (Å²) < 4.78 is 5.81. The van der Waals surface area contributed by atoms with Crippen LogP contribution in [0.1, 0.15) is 32.6 Å². The van der Waals surface area contributed by atoms with Crippen LogP contribution in [0.25, 0.3) is 0 Å². The molecule has 81 valence electrons. The molecule has 0 aliphatic carbocycles. The number of aromatic nitrogens is 1. The maximum absolute atomic E-state index is 11.4. The smallest absolute Gasteiger partial charge is 0.311 e. The molecule has 0 N–H and O–H groups in total. The van der Waals surface area contributed by atoms with Crippen LogP contribution >= 0.6 is 15.9 Å². The number of carbonyl (C=O) groups excluding carboxylic acids is 1. The van der Waals surface area contributed by atoms with E-state index in [4.69, 9.17) is 4.74 Å². The lowest BCUT2D eigenvalue weighted by atomic mass is 10.2. The van der Waals surface area contributed by atoms with Crippen LogP contribution in [0.2, 0.25) is 0 Å². The fraction of sp³-hybridized carbons (Fsp3) is 0.455. The van der Waals surface area contributed by atoms with Crippen LogP contribution in [-0.2, 0) is 4.79 Å². The highest BCUT2D eigenvalue weighted by atomic mass is 79.9. The van der Waals surface area contributed by atoms with Crippen LogP contribution in [-0.4, -0.2) is 11.0 Å². The Morgan fingerprint density at radius 1 is 1.60 bits per heavy atom. The van der Waals surface area contributed by atoms with E-state index in [1.807, 2.05) is 0 Å². The summed E-state index contributed by atoms with van der Waals surface area (Å²) >= 11 is 3.25. The van der Waals surface area contributed by atoms with Crippen molar-refractivity contribution in [1.82, 2.24) is 4.98 Å². The van der Waals surface area contributed by atoms with Gasteiger partial charge in [0.25, 0.3) is 0 Å². The van der Waals surface area contributed by atoms with Crippen LogP contribution in [0.15, 0.2) is 16.7 Å². The standard InChI is InChI=1S/C11H13BrNO2/c1-2-3-4-5-11(14)15-10-6-7-13-8-9(10)12/h6,8H,2-5H2,1H3. The molecule has 0 fully saturated rings. The molecule has 4 heteroatoms. The number of ether oxygens (including phenoxy) is 1. The Hall–Kier alpha value is -0.900. The lowest BCUT2D eigenvalue weighted by Crippen LogP contribution is -2.07. The average Bonchev–Trinajstić information content (AvgIpc) is 2.22. The third-order valence-electron chi connectivity index (χ3n) is 1.89. The summed E-state index contributed by atoms with van der Waals surface area (Å²) in [6.45, 7) is 2.10. The molecule has 0 unspecified atom stereocenters. The summed E-state index contributed by atoms with van der Waals surface area (Å²) in [6.07, 6.45) is 7.66. The quantitative estimate of drug-likeness (QED) is 0.610. The van der Waals surface area contributed by atoms with Crippen LogP contribution < -0.4 is 4.74 Å². The second-order valence-electron chi connectivity index (χ2n) is 3.18. The first-order valence-electron chi connectivity index (χ1n) is 4.96. The minimum absolute atomic E-state index is 0.205.